The number of hydrogen-bond donors (Lipinski definition) is 1. The van der Waals surface area contributed by atoms with Gasteiger partial charge < -0.3 is 15.1 Å². The summed E-state index contributed by atoms with van der Waals surface area (Å²) in [5, 5.41) is 3.15. The maximum absolute atomic E-state index is 11.7. The van der Waals surface area contributed by atoms with Crippen LogP contribution in [0.3, 0.4) is 0 Å². The lowest BCUT2D eigenvalue weighted by molar-refractivity contribution is -0.129. The number of aryl methyl sites for hydroxylation is 1. The number of hydrogen-bond acceptors (Lipinski definition) is 4. The van der Waals surface area contributed by atoms with Gasteiger partial charge in [-0.3, -0.25) is 4.79 Å². The third-order valence-electron chi connectivity index (χ3n) is 4.28. The van der Waals surface area contributed by atoms with Crippen LogP contribution in [-0.4, -0.2) is 48.5 Å². The Labute approximate surface area is 120 Å². The number of amides is 1. The van der Waals surface area contributed by atoms with E-state index in [0.29, 0.717) is 18.4 Å². The summed E-state index contributed by atoms with van der Waals surface area (Å²) in [6.45, 7) is 5.61. The highest BCUT2D eigenvalue weighted by Gasteiger charge is 2.36. The van der Waals surface area contributed by atoms with Crippen molar-refractivity contribution in [1.29, 1.82) is 0 Å². The first-order chi connectivity index (χ1) is 9.69. The quantitative estimate of drug-likeness (QED) is 0.890. The highest BCUT2D eigenvalue weighted by atomic mass is 16.2. The number of rotatable bonds is 3. The smallest absolute Gasteiger partial charge is 0.223 e. The van der Waals surface area contributed by atoms with Crippen LogP contribution in [0.4, 0.5) is 5.82 Å². The van der Waals surface area contributed by atoms with Crippen molar-refractivity contribution >= 4 is 11.7 Å². The Morgan fingerprint density at radius 1 is 1.45 bits per heavy atom. The summed E-state index contributed by atoms with van der Waals surface area (Å²) < 4.78 is 0. The van der Waals surface area contributed by atoms with E-state index >= 15 is 0 Å². The van der Waals surface area contributed by atoms with Crippen LogP contribution in [0.5, 0.6) is 0 Å². The molecule has 2 aliphatic heterocycles. The van der Waals surface area contributed by atoms with Gasteiger partial charge in [-0.05, 0) is 37.6 Å². The van der Waals surface area contributed by atoms with Crippen LogP contribution in [0.15, 0.2) is 12.3 Å². The summed E-state index contributed by atoms with van der Waals surface area (Å²) in [7, 11) is 1.94. The Hall–Kier alpha value is -1.62. The van der Waals surface area contributed by atoms with E-state index < -0.39 is 0 Å². The van der Waals surface area contributed by atoms with E-state index in [4.69, 9.17) is 0 Å². The van der Waals surface area contributed by atoms with Crippen molar-refractivity contribution in [2.75, 3.05) is 31.6 Å². The van der Waals surface area contributed by atoms with E-state index in [-0.39, 0.29) is 0 Å². The minimum atomic E-state index is 0.323. The molecule has 5 nitrogen and oxygen atoms in total. The molecule has 108 valence electrons. The molecule has 2 saturated heterocycles. The first-order valence-corrected chi connectivity index (χ1v) is 7.33. The number of fused-ring (bicyclic) bond motifs is 1. The van der Waals surface area contributed by atoms with E-state index in [2.05, 4.69) is 28.2 Å². The average molecular weight is 274 g/mol. The Balaban J connectivity index is 1.75. The van der Waals surface area contributed by atoms with Crippen LogP contribution < -0.4 is 10.2 Å². The Bertz CT molecular complexity index is 517. The van der Waals surface area contributed by atoms with Gasteiger partial charge >= 0.3 is 0 Å². The number of carbonyl (C=O) groups excluding carboxylic acids is 1. The van der Waals surface area contributed by atoms with E-state index in [1.165, 1.54) is 11.1 Å². The first kappa shape index (κ1) is 13.4. The molecule has 0 aromatic carbocycles. The van der Waals surface area contributed by atoms with Crippen molar-refractivity contribution in [3.63, 3.8) is 0 Å². The molecular formula is C15H22N4O. The molecule has 0 radical (unpaired) electrons. The molecule has 3 heterocycles. The lowest BCUT2D eigenvalue weighted by Crippen LogP contribution is -2.51. The molecule has 3 rings (SSSR count). The van der Waals surface area contributed by atoms with Crippen molar-refractivity contribution < 1.29 is 4.79 Å². The maximum Gasteiger partial charge on any atom is 0.223 e. The van der Waals surface area contributed by atoms with E-state index in [1.54, 1.807) is 0 Å². The van der Waals surface area contributed by atoms with Gasteiger partial charge in [0.05, 0.1) is 0 Å². The molecular weight excluding hydrogens is 252 g/mol. The van der Waals surface area contributed by atoms with Gasteiger partial charge in [-0.25, -0.2) is 4.98 Å². The number of aromatic nitrogens is 1. The highest BCUT2D eigenvalue weighted by molar-refractivity contribution is 5.79. The first-order valence-electron chi connectivity index (χ1n) is 7.33. The van der Waals surface area contributed by atoms with Gasteiger partial charge in [0.25, 0.3) is 0 Å². The van der Waals surface area contributed by atoms with Crippen LogP contribution in [0.2, 0.25) is 0 Å². The second-order valence-electron chi connectivity index (χ2n) is 5.74. The molecule has 1 aromatic heterocycles. The summed E-state index contributed by atoms with van der Waals surface area (Å²) in [6, 6.07) is 2.58. The number of anilines is 1. The molecule has 1 atom stereocenters. The highest BCUT2D eigenvalue weighted by Crippen LogP contribution is 2.27. The van der Waals surface area contributed by atoms with Gasteiger partial charge in [0.15, 0.2) is 0 Å². The molecule has 0 spiro atoms. The summed E-state index contributed by atoms with van der Waals surface area (Å²) >= 11 is 0. The standard InChI is InChI=1S/C15H22N4O/c1-11-7-12(8-16-2)9-17-15(11)18-5-6-19-13(10-18)3-4-14(19)20/h7,9,13,16H,3-6,8,10H2,1-2H3. The van der Waals surface area contributed by atoms with Crippen LogP contribution >= 0.6 is 0 Å². The van der Waals surface area contributed by atoms with Gasteiger partial charge in [0.2, 0.25) is 5.91 Å². The zero-order valence-electron chi connectivity index (χ0n) is 12.2. The molecule has 1 unspecified atom stereocenters. The van der Waals surface area contributed by atoms with Crippen molar-refractivity contribution in [3.05, 3.63) is 23.4 Å². The lowest BCUT2D eigenvalue weighted by Gasteiger charge is -2.38. The lowest BCUT2D eigenvalue weighted by atomic mass is 10.1. The minimum Gasteiger partial charge on any atom is -0.353 e. The predicted octanol–water partition coefficient (Wildman–Crippen LogP) is 0.920. The zero-order valence-corrected chi connectivity index (χ0v) is 12.2. The molecule has 0 saturated carbocycles. The molecule has 20 heavy (non-hydrogen) atoms. The van der Waals surface area contributed by atoms with Gasteiger partial charge in [0.1, 0.15) is 5.82 Å². The molecule has 5 heteroatoms. The number of nitrogens with one attached hydrogen (secondary N) is 1. The van der Waals surface area contributed by atoms with Gasteiger partial charge in [-0.1, -0.05) is 0 Å². The van der Waals surface area contributed by atoms with E-state index in [1.807, 2.05) is 18.1 Å². The number of carbonyl (C=O) groups is 1. The van der Waals surface area contributed by atoms with Crippen molar-refractivity contribution in [2.24, 2.45) is 0 Å². The van der Waals surface area contributed by atoms with Crippen LogP contribution in [0, 0.1) is 6.92 Å². The largest absolute Gasteiger partial charge is 0.353 e. The molecule has 1 amide bonds. The van der Waals surface area contributed by atoms with Gasteiger partial charge in [0, 0.05) is 44.8 Å². The van der Waals surface area contributed by atoms with Crippen LogP contribution in [0.1, 0.15) is 24.0 Å². The number of nitrogens with zero attached hydrogens (tertiary/aromatic N) is 3. The van der Waals surface area contributed by atoms with Crippen molar-refractivity contribution in [1.82, 2.24) is 15.2 Å². The zero-order chi connectivity index (χ0) is 14.1. The topological polar surface area (TPSA) is 48.5 Å². The fourth-order valence-corrected chi connectivity index (χ4v) is 3.31. The maximum atomic E-state index is 11.7. The monoisotopic (exact) mass is 274 g/mol. The predicted molar refractivity (Wildman–Crippen MR) is 78.7 cm³/mol. The van der Waals surface area contributed by atoms with Gasteiger partial charge in [-0.15, -0.1) is 0 Å². The second kappa shape index (κ2) is 5.40. The SMILES string of the molecule is CNCc1cnc(N2CCN3C(=O)CCC3C2)c(C)c1. The summed E-state index contributed by atoms with van der Waals surface area (Å²) in [5.74, 6) is 1.40. The molecule has 0 bridgehead atoms. The number of piperazine rings is 1. The molecule has 2 aliphatic rings. The molecule has 2 fully saturated rings. The number of pyridine rings is 1. The second-order valence-corrected chi connectivity index (χ2v) is 5.74. The fourth-order valence-electron chi connectivity index (χ4n) is 3.31. The van der Waals surface area contributed by atoms with Crippen molar-refractivity contribution in [3.8, 4) is 0 Å². The molecule has 0 aliphatic carbocycles. The Morgan fingerprint density at radius 3 is 3.05 bits per heavy atom. The Kier molecular flexibility index (Phi) is 3.61. The third kappa shape index (κ3) is 2.38. The van der Waals surface area contributed by atoms with Crippen LogP contribution in [0.25, 0.3) is 0 Å². The normalized spacial score (nSPS) is 22.3. The van der Waals surface area contributed by atoms with Crippen LogP contribution in [-0.2, 0) is 11.3 Å². The van der Waals surface area contributed by atoms with E-state index in [9.17, 15) is 4.79 Å². The minimum absolute atomic E-state index is 0.323. The van der Waals surface area contributed by atoms with E-state index in [0.717, 1.165) is 38.4 Å². The third-order valence-corrected chi connectivity index (χ3v) is 4.28. The molecule has 1 aromatic rings. The summed E-state index contributed by atoms with van der Waals surface area (Å²) in [4.78, 5) is 20.7. The summed E-state index contributed by atoms with van der Waals surface area (Å²) in [5.41, 5.74) is 2.43. The van der Waals surface area contributed by atoms with Crippen molar-refractivity contribution in [2.45, 2.75) is 32.4 Å². The fraction of sp³-hybridized carbons (Fsp3) is 0.600. The summed E-state index contributed by atoms with van der Waals surface area (Å²) in [6.07, 6.45) is 3.66. The average Bonchev–Trinajstić information content (AvgIpc) is 2.80. The van der Waals surface area contributed by atoms with Gasteiger partial charge in [-0.2, -0.15) is 0 Å². The Morgan fingerprint density at radius 2 is 2.30 bits per heavy atom. The molecule has 1 N–H and O–H groups in total.